The van der Waals surface area contributed by atoms with Gasteiger partial charge in [-0.1, -0.05) is 88.4 Å². The fourth-order valence-corrected chi connectivity index (χ4v) is 10.9. The molecule has 0 radical (unpaired) electrons. The van der Waals surface area contributed by atoms with Gasteiger partial charge in [-0.15, -0.1) is 0 Å². The highest BCUT2D eigenvalue weighted by Gasteiger charge is 2.51. The molecule has 2 fully saturated rings. The Balaban J connectivity index is 1.50. The third kappa shape index (κ3) is 6.57. The molecule has 2 aliphatic heterocycles. The van der Waals surface area contributed by atoms with Gasteiger partial charge in [0.25, 0.3) is 8.32 Å². The molecule has 0 aliphatic carbocycles. The fourth-order valence-electron chi connectivity index (χ4n) is 6.23. The van der Waals surface area contributed by atoms with Gasteiger partial charge in [-0.2, -0.15) is 0 Å². The molecule has 5 nitrogen and oxygen atoms in total. The summed E-state index contributed by atoms with van der Waals surface area (Å²) in [7, 11) is -2.60. The smallest absolute Gasteiger partial charge is 0.333 e. The molecule has 39 heavy (non-hydrogen) atoms. The van der Waals surface area contributed by atoms with Crippen molar-refractivity contribution in [1.82, 2.24) is 0 Å². The SMILES string of the molecule is CCOC(=O)/C(C)=C\[C@@H]1CC[C@@]2(CCC[C@@H]([C@@H](C)CO[Si](c3ccccc3)(c3ccccc3)C(C)(C)C)O2)O1. The summed E-state index contributed by atoms with van der Waals surface area (Å²) in [4.78, 5) is 12.1. The van der Waals surface area contributed by atoms with E-state index in [-0.39, 0.29) is 29.1 Å². The summed E-state index contributed by atoms with van der Waals surface area (Å²) >= 11 is 0. The zero-order valence-corrected chi connectivity index (χ0v) is 25.6. The van der Waals surface area contributed by atoms with E-state index in [1.54, 1.807) is 6.92 Å². The zero-order chi connectivity index (χ0) is 28.1. The molecule has 6 heteroatoms. The molecule has 2 aromatic rings. The third-order valence-electron chi connectivity index (χ3n) is 8.24. The standard InChI is InChI=1S/C33H46O5Si/c1-7-35-31(34)25(2)23-27-20-22-33(37-27)21-14-19-30(38-33)26(3)24-36-39(32(4,5)6,28-15-10-8-11-16-28)29-17-12-9-13-18-29/h8-13,15-18,23,26-27,30H,7,14,19-22,24H2,1-6H3/b25-23-/t26-,27-,30-,33-/m0/s1. The predicted octanol–water partition coefficient (Wildman–Crippen LogP) is 6.15. The molecule has 4 atom stereocenters. The Labute approximate surface area is 236 Å². The lowest BCUT2D eigenvalue weighted by Gasteiger charge is -2.45. The van der Waals surface area contributed by atoms with Crippen molar-refractivity contribution in [2.75, 3.05) is 13.2 Å². The first kappa shape index (κ1) is 29.7. The molecule has 2 aliphatic rings. The molecule has 2 heterocycles. The van der Waals surface area contributed by atoms with E-state index in [9.17, 15) is 4.79 Å². The van der Waals surface area contributed by atoms with Gasteiger partial charge in [-0.05, 0) is 54.6 Å². The highest BCUT2D eigenvalue weighted by atomic mass is 28.4. The van der Waals surface area contributed by atoms with Crippen LogP contribution in [-0.2, 0) is 23.4 Å². The Morgan fingerprint density at radius 1 is 1.03 bits per heavy atom. The van der Waals surface area contributed by atoms with Gasteiger partial charge in [0.2, 0.25) is 0 Å². The predicted molar refractivity (Wildman–Crippen MR) is 159 cm³/mol. The molecule has 4 rings (SSSR count). The quantitative estimate of drug-likeness (QED) is 0.213. The van der Waals surface area contributed by atoms with Crippen LogP contribution in [0, 0.1) is 5.92 Å². The summed E-state index contributed by atoms with van der Waals surface area (Å²) in [5.41, 5.74) is 0.596. The van der Waals surface area contributed by atoms with Crippen LogP contribution in [0.2, 0.25) is 5.04 Å². The molecule has 0 unspecified atom stereocenters. The van der Waals surface area contributed by atoms with Crippen molar-refractivity contribution in [2.24, 2.45) is 5.92 Å². The summed E-state index contributed by atoms with van der Waals surface area (Å²) < 4.78 is 25.6. The number of benzene rings is 2. The van der Waals surface area contributed by atoms with Gasteiger partial charge in [0.15, 0.2) is 5.79 Å². The van der Waals surface area contributed by atoms with Crippen LogP contribution in [0.3, 0.4) is 0 Å². The van der Waals surface area contributed by atoms with Crippen molar-refractivity contribution in [2.45, 2.75) is 96.7 Å². The lowest BCUT2D eigenvalue weighted by molar-refractivity contribution is -0.274. The van der Waals surface area contributed by atoms with Crippen LogP contribution in [0.15, 0.2) is 72.3 Å². The fraction of sp³-hybridized carbons (Fsp3) is 0.545. The number of esters is 1. The Hall–Kier alpha value is -2.25. The molecule has 1 spiro atoms. The molecule has 0 aromatic heterocycles. The van der Waals surface area contributed by atoms with Crippen LogP contribution in [0.1, 0.15) is 73.6 Å². The molecule has 0 amide bonds. The highest BCUT2D eigenvalue weighted by molar-refractivity contribution is 6.99. The minimum Gasteiger partial charge on any atom is -0.463 e. The second-order valence-electron chi connectivity index (χ2n) is 12.2. The van der Waals surface area contributed by atoms with E-state index in [1.807, 2.05) is 13.0 Å². The van der Waals surface area contributed by atoms with Crippen LogP contribution in [0.25, 0.3) is 0 Å². The Bertz CT molecular complexity index is 1070. The average molecular weight is 551 g/mol. The zero-order valence-electron chi connectivity index (χ0n) is 24.6. The first-order valence-electron chi connectivity index (χ1n) is 14.6. The number of rotatable bonds is 9. The number of hydrogen-bond acceptors (Lipinski definition) is 5. The van der Waals surface area contributed by atoms with Gasteiger partial charge in [-0.25, -0.2) is 4.79 Å². The van der Waals surface area contributed by atoms with Gasteiger partial charge >= 0.3 is 5.97 Å². The van der Waals surface area contributed by atoms with Crippen molar-refractivity contribution in [3.05, 3.63) is 72.3 Å². The minimum atomic E-state index is -2.60. The van der Waals surface area contributed by atoms with Gasteiger partial charge in [-0.3, -0.25) is 0 Å². The average Bonchev–Trinajstić information content (AvgIpc) is 3.30. The Morgan fingerprint density at radius 3 is 2.21 bits per heavy atom. The second-order valence-corrected chi connectivity index (χ2v) is 16.5. The third-order valence-corrected chi connectivity index (χ3v) is 13.2. The highest BCUT2D eigenvalue weighted by Crippen LogP contribution is 2.43. The molecule has 2 aromatic carbocycles. The first-order valence-corrected chi connectivity index (χ1v) is 16.5. The first-order chi connectivity index (χ1) is 18.6. The summed E-state index contributed by atoms with van der Waals surface area (Å²) in [6, 6.07) is 21.6. The maximum absolute atomic E-state index is 12.1. The summed E-state index contributed by atoms with van der Waals surface area (Å²) in [5, 5.41) is 2.53. The van der Waals surface area contributed by atoms with Gasteiger partial charge in [0, 0.05) is 30.9 Å². The molecular formula is C33H46O5Si. The largest absolute Gasteiger partial charge is 0.463 e. The van der Waals surface area contributed by atoms with Crippen molar-refractivity contribution < 1.29 is 23.4 Å². The molecule has 0 N–H and O–H groups in total. The molecule has 0 bridgehead atoms. The van der Waals surface area contributed by atoms with Crippen LogP contribution in [-0.4, -0.2) is 45.5 Å². The van der Waals surface area contributed by atoms with Gasteiger partial charge in [0.1, 0.15) is 0 Å². The molecular weight excluding hydrogens is 504 g/mol. The number of ether oxygens (including phenoxy) is 3. The van der Waals surface area contributed by atoms with Crippen LogP contribution < -0.4 is 10.4 Å². The van der Waals surface area contributed by atoms with E-state index in [0.29, 0.717) is 18.8 Å². The van der Waals surface area contributed by atoms with E-state index in [2.05, 4.69) is 88.4 Å². The summed E-state index contributed by atoms with van der Waals surface area (Å²) in [6.45, 7) is 13.8. The van der Waals surface area contributed by atoms with Crippen molar-refractivity contribution in [3.63, 3.8) is 0 Å². The van der Waals surface area contributed by atoms with E-state index in [1.165, 1.54) is 10.4 Å². The van der Waals surface area contributed by atoms with Crippen molar-refractivity contribution in [3.8, 4) is 0 Å². The van der Waals surface area contributed by atoms with Crippen molar-refractivity contribution in [1.29, 1.82) is 0 Å². The van der Waals surface area contributed by atoms with E-state index < -0.39 is 14.1 Å². The molecule has 212 valence electrons. The number of hydrogen-bond donors (Lipinski definition) is 0. The van der Waals surface area contributed by atoms with Crippen LogP contribution >= 0.6 is 0 Å². The topological polar surface area (TPSA) is 54.0 Å². The van der Waals surface area contributed by atoms with Crippen molar-refractivity contribution >= 4 is 24.7 Å². The van der Waals surface area contributed by atoms with E-state index in [0.717, 1.165) is 32.1 Å². The summed E-state index contributed by atoms with van der Waals surface area (Å²) in [5.74, 6) is -0.646. The maximum atomic E-state index is 12.1. The molecule has 2 saturated heterocycles. The second kappa shape index (κ2) is 12.5. The maximum Gasteiger partial charge on any atom is 0.333 e. The van der Waals surface area contributed by atoms with Crippen LogP contribution in [0.4, 0.5) is 0 Å². The lowest BCUT2D eigenvalue weighted by Crippen LogP contribution is -2.67. The minimum absolute atomic E-state index is 0.0605. The number of carbonyl (C=O) groups is 1. The van der Waals surface area contributed by atoms with E-state index >= 15 is 0 Å². The Kier molecular flexibility index (Phi) is 9.53. The molecule has 0 saturated carbocycles. The van der Waals surface area contributed by atoms with E-state index in [4.69, 9.17) is 18.6 Å². The van der Waals surface area contributed by atoms with Gasteiger partial charge < -0.3 is 18.6 Å². The number of carbonyl (C=O) groups excluding carboxylic acids is 1. The monoisotopic (exact) mass is 550 g/mol. The Morgan fingerprint density at radius 2 is 1.64 bits per heavy atom. The van der Waals surface area contributed by atoms with Crippen LogP contribution in [0.5, 0.6) is 0 Å². The summed E-state index contributed by atoms with van der Waals surface area (Å²) in [6.07, 6.45) is 6.45. The lowest BCUT2D eigenvalue weighted by atomic mass is 9.93. The normalized spacial score (nSPS) is 25.0. The van der Waals surface area contributed by atoms with Gasteiger partial charge in [0.05, 0.1) is 18.8 Å².